The molecule has 1 aromatic heterocycles. The second-order valence-corrected chi connectivity index (χ2v) is 6.06. The Morgan fingerprint density at radius 1 is 1.50 bits per heavy atom. The maximum atomic E-state index is 9.63. The number of nitrogens with one attached hydrogen (secondary N) is 1. The second-order valence-electron chi connectivity index (χ2n) is 4.15. The van der Waals surface area contributed by atoms with Gasteiger partial charge < -0.3 is 10.4 Å². The molecule has 0 aliphatic rings. The molecule has 16 heavy (non-hydrogen) atoms. The molecule has 0 spiro atoms. The molecular formula is C11H19BrClNOS. The third kappa shape index (κ3) is 6.86. The van der Waals surface area contributed by atoms with Crippen LogP contribution in [0.5, 0.6) is 0 Å². The zero-order valence-electron chi connectivity index (χ0n) is 9.57. The molecule has 0 radical (unpaired) electrons. The molecule has 5 heteroatoms. The van der Waals surface area contributed by atoms with Crippen LogP contribution in [0.25, 0.3) is 0 Å². The van der Waals surface area contributed by atoms with E-state index in [1.54, 1.807) is 11.3 Å². The van der Waals surface area contributed by atoms with E-state index in [0.29, 0.717) is 12.5 Å². The minimum atomic E-state index is -0.228. The van der Waals surface area contributed by atoms with Crippen molar-refractivity contribution in [2.24, 2.45) is 5.92 Å². The van der Waals surface area contributed by atoms with Gasteiger partial charge in [0.1, 0.15) is 0 Å². The fourth-order valence-electron chi connectivity index (χ4n) is 1.44. The van der Waals surface area contributed by atoms with E-state index in [0.717, 1.165) is 17.4 Å². The van der Waals surface area contributed by atoms with E-state index in [4.69, 9.17) is 0 Å². The highest BCUT2D eigenvalue weighted by atomic mass is 79.9. The average molecular weight is 329 g/mol. The Morgan fingerprint density at radius 2 is 2.19 bits per heavy atom. The summed E-state index contributed by atoms with van der Waals surface area (Å²) in [5.74, 6) is 0.553. The summed E-state index contributed by atoms with van der Waals surface area (Å²) >= 11 is 5.14. The first-order chi connectivity index (χ1) is 7.08. The van der Waals surface area contributed by atoms with Crippen molar-refractivity contribution in [3.63, 3.8) is 0 Å². The lowest BCUT2D eigenvalue weighted by molar-refractivity contribution is 0.146. The Balaban J connectivity index is 0.00000225. The van der Waals surface area contributed by atoms with Gasteiger partial charge >= 0.3 is 0 Å². The summed E-state index contributed by atoms with van der Waals surface area (Å²) in [4.78, 5) is 1.29. The van der Waals surface area contributed by atoms with E-state index in [9.17, 15) is 5.11 Å². The first-order valence-corrected chi connectivity index (χ1v) is 6.87. The molecule has 1 aromatic rings. The van der Waals surface area contributed by atoms with Crippen molar-refractivity contribution in [3.05, 3.63) is 20.8 Å². The van der Waals surface area contributed by atoms with Crippen LogP contribution >= 0.6 is 39.7 Å². The molecule has 1 atom stereocenters. The van der Waals surface area contributed by atoms with Gasteiger partial charge in [0.05, 0.1) is 6.10 Å². The van der Waals surface area contributed by atoms with Crippen molar-refractivity contribution in [3.8, 4) is 0 Å². The van der Waals surface area contributed by atoms with Gasteiger partial charge in [-0.1, -0.05) is 13.8 Å². The molecule has 0 saturated carbocycles. The number of hydrogen-bond donors (Lipinski definition) is 2. The smallest absolute Gasteiger partial charge is 0.0667 e. The monoisotopic (exact) mass is 327 g/mol. The van der Waals surface area contributed by atoms with E-state index < -0.39 is 0 Å². The third-order valence-electron chi connectivity index (χ3n) is 2.04. The molecular weight excluding hydrogens is 310 g/mol. The predicted octanol–water partition coefficient (Wildman–Crippen LogP) is 3.43. The predicted molar refractivity (Wildman–Crippen MR) is 76.4 cm³/mol. The van der Waals surface area contributed by atoms with Crippen LogP contribution in [0.4, 0.5) is 0 Å². The van der Waals surface area contributed by atoms with E-state index in [1.807, 2.05) is 0 Å². The molecule has 2 nitrogen and oxygen atoms in total. The van der Waals surface area contributed by atoms with Crippen LogP contribution in [-0.4, -0.2) is 17.8 Å². The molecule has 1 rings (SSSR count). The number of hydrogen-bond acceptors (Lipinski definition) is 3. The Hall–Kier alpha value is 0.390. The van der Waals surface area contributed by atoms with Gasteiger partial charge in [-0.25, -0.2) is 0 Å². The maximum absolute atomic E-state index is 9.63. The van der Waals surface area contributed by atoms with Crippen molar-refractivity contribution in [1.82, 2.24) is 5.32 Å². The molecule has 0 fully saturated rings. The van der Waals surface area contributed by atoms with E-state index in [2.05, 4.69) is 46.5 Å². The average Bonchev–Trinajstić information content (AvgIpc) is 2.50. The van der Waals surface area contributed by atoms with Gasteiger partial charge in [0.15, 0.2) is 0 Å². The normalized spacial score (nSPS) is 12.6. The first-order valence-electron chi connectivity index (χ1n) is 5.19. The van der Waals surface area contributed by atoms with Crippen molar-refractivity contribution < 1.29 is 5.11 Å². The SMILES string of the molecule is CC(C)CC(O)CNCc1cc(Br)cs1.Cl. The van der Waals surface area contributed by atoms with Crippen LogP contribution in [0.3, 0.4) is 0 Å². The van der Waals surface area contributed by atoms with Crippen LogP contribution in [-0.2, 0) is 6.54 Å². The second kappa shape index (κ2) is 8.48. The lowest BCUT2D eigenvalue weighted by Crippen LogP contribution is -2.27. The Kier molecular flexibility index (Phi) is 8.68. The zero-order chi connectivity index (χ0) is 11.3. The minimum Gasteiger partial charge on any atom is -0.392 e. The summed E-state index contributed by atoms with van der Waals surface area (Å²) in [7, 11) is 0. The molecule has 0 amide bonds. The van der Waals surface area contributed by atoms with Crippen LogP contribution in [0, 0.1) is 5.92 Å². The van der Waals surface area contributed by atoms with Crippen LogP contribution in [0.15, 0.2) is 15.9 Å². The molecule has 0 aliphatic carbocycles. The van der Waals surface area contributed by atoms with Crippen molar-refractivity contribution in [1.29, 1.82) is 0 Å². The summed E-state index contributed by atoms with van der Waals surface area (Å²) in [6.07, 6.45) is 0.634. The Bertz CT molecular complexity index is 293. The topological polar surface area (TPSA) is 32.3 Å². The van der Waals surface area contributed by atoms with Gasteiger partial charge in [-0.3, -0.25) is 0 Å². The highest BCUT2D eigenvalue weighted by molar-refractivity contribution is 9.10. The van der Waals surface area contributed by atoms with Gasteiger partial charge in [-0.05, 0) is 34.3 Å². The third-order valence-corrected chi connectivity index (χ3v) is 3.74. The molecule has 0 aromatic carbocycles. The number of halogens is 2. The standard InChI is InChI=1S/C11H18BrNOS.ClH/c1-8(2)3-10(14)5-13-6-11-4-9(12)7-15-11;/h4,7-8,10,13-14H,3,5-6H2,1-2H3;1H. The summed E-state index contributed by atoms with van der Waals surface area (Å²) in [6, 6.07) is 2.10. The van der Waals surface area contributed by atoms with Crippen LogP contribution < -0.4 is 5.32 Å². The molecule has 1 unspecified atom stereocenters. The van der Waals surface area contributed by atoms with Crippen molar-refractivity contribution in [2.75, 3.05) is 6.54 Å². The highest BCUT2D eigenvalue weighted by Crippen LogP contribution is 2.19. The Morgan fingerprint density at radius 3 is 2.69 bits per heavy atom. The van der Waals surface area contributed by atoms with E-state index in [1.165, 1.54) is 4.88 Å². The van der Waals surface area contributed by atoms with Crippen molar-refractivity contribution >= 4 is 39.7 Å². The van der Waals surface area contributed by atoms with Crippen LogP contribution in [0.1, 0.15) is 25.1 Å². The summed E-state index contributed by atoms with van der Waals surface area (Å²) in [5, 5.41) is 15.0. The molecule has 0 bridgehead atoms. The summed E-state index contributed by atoms with van der Waals surface area (Å²) in [6.45, 7) is 5.76. The quantitative estimate of drug-likeness (QED) is 0.838. The molecule has 94 valence electrons. The lowest BCUT2D eigenvalue weighted by atomic mass is 10.1. The number of thiophene rings is 1. The van der Waals surface area contributed by atoms with E-state index in [-0.39, 0.29) is 18.5 Å². The number of aliphatic hydroxyl groups is 1. The molecule has 2 N–H and O–H groups in total. The fraction of sp³-hybridized carbons (Fsp3) is 0.636. The largest absolute Gasteiger partial charge is 0.392 e. The van der Waals surface area contributed by atoms with E-state index >= 15 is 0 Å². The molecule has 0 aliphatic heterocycles. The van der Waals surface area contributed by atoms with Gasteiger partial charge in [0, 0.05) is 27.8 Å². The van der Waals surface area contributed by atoms with Crippen molar-refractivity contribution in [2.45, 2.75) is 32.9 Å². The Labute approximate surface area is 116 Å². The summed E-state index contributed by atoms with van der Waals surface area (Å²) in [5.41, 5.74) is 0. The van der Waals surface area contributed by atoms with Gasteiger partial charge in [-0.2, -0.15) is 0 Å². The number of rotatable bonds is 6. The molecule has 1 heterocycles. The summed E-state index contributed by atoms with van der Waals surface area (Å²) < 4.78 is 1.13. The molecule has 0 saturated heterocycles. The van der Waals surface area contributed by atoms with Gasteiger partial charge in [-0.15, -0.1) is 23.7 Å². The number of aliphatic hydroxyl groups excluding tert-OH is 1. The maximum Gasteiger partial charge on any atom is 0.0667 e. The highest BCUT2D eigenvalue weighted by Gasteiger charge is 2.06. The minimum absolute atomic E-state index is 0. The first kappa shape index (κ1) is 16.4. The fourth-order valence-corrected chi connectivity index (χ4v) is 2.86. The van der Waals surface area contributed by atoms with Gasteiger partial charge in [0.25, 0.3) is 0 Å². The zero-order valence-corrected chi connectivity index (χ0v) is 12.8. The lowest BCUT2D eigenvalue weighted by Gasteiger charge is -2.13. The van der Waals surface area contributed by atoms with Gasteiger partial charge in [0.2, 0.25) is 0 Å². The van der Waals surface area contributed by atoms with Crippen LogP contribution in [0.2, 0.25) is 0 Å².